The third kappa shape index (κ3) is 5.04. The van der Waals surface area contributed by atoms with Gasteiger partial charge in [-0.1, -0.05) is 5.16 Å². The Morgan fingerprint density at radius 3 is 2.30 bits per heavy atom. The Hall–Kier alpha value is -1.93. The van der Waals surface area contributed by atoms with Gasteiger partial charge < -0.3 is 15.2 Å². The molecule has 2 aliphatic rings. The second kappa shape index (κ2) is 7.10. The summed E-state index contributed by atoms with van der Waals surface area (Å²) < 4.78 is 4.92. The topological polar surface area (TPSA) is 90.7 Å². The molecule has 0 aromatic carbocycles. The van der Waals surface area contributed by atoms with Gasteiger partial charge in [-0.25, -0.2) is 0 Å². The molecule has 0 atom stereocenters. The first-order chi connectivity index (χ1) is 11.1. The number of carbonyl (C=O) groups is 2. The second-order valence-corrected chi connectivity index (χ2v) is 6.27. The van der Waals surface area contributed by atoms with Crippen molar-refractivity contribution in [2.75, 3.05) is 44.6 Å². The molecule has 2 fully saturated rings. The first-order valence-electron chi connectivity index (χ1n) is 8.06. The van der Waals surface area contributed by atoms with Crippen LogP contribution in [0.4, 0.5) is 5.82 Å². The fourth-order valence-electron chi connectivity index (χ4n) is 2.62. The van der Waals surface area contributed by atoms with E-state index in [-0.39, 0.29) is 11.8 Å². The molecule has 3 rings (SSSR count). The number of piperazine rings is 1. The van der Waals surface area contributed by atoms with Crippen molar-refractivity contribution >= 4 is 17.6 Å². The summed E-state index contributed by atoms with van der Waals surface area (Å²) in [5.74, 6) is 1.12. The number of rotatable bonds is 6. The molecule has 2 heterocycles. The average Bonchev–Trinajstić information content (AvgIpc) is 3.22. The van der Waals surface area contributed by atoms with Crippen LogP contribution in [0.25, 0.3) is 0 Å². The van der Waals surface area contributed by atoms with Crippen LogP contribution in [0.1, 0.15) is 18.6 Å². The molecule has 1 aliphatic carbocycles. The lowest BCUT2D eigenvalue weighted by molar-refractivity contribution is -0.123. The van der Waals surface area contributed by atoms with Crippen molar-refractivity contribution in [2.24, 2.45) is 0 Å². The van der Waals surface area contributed by atoms with Gasteiger partial charge in [-0.15, -0.1) is 0 Å². The number of hydrogen-bond acceptors (Lipinski definition) is 6. The predicted octanol–water partition coefficient (Wildman–Crippen LogP) is -0.182. The van der Waals surface area contributed by atoms with Crippen LogP contribution in [0.15, 0.2) is 10.6 Å². The Kier molecular flexibility index (Phi) is 4.92. The molecule has 2 N–H and O–H groups in total. The maximum atomic E-state index is 12.0. The van der Waals surface area contributed by atoms with Gasteiger partial charge in [0.2, 0.25) is 11.8 Å². The quantitative estimate of drug-likeness (QED) is 0.755. The van der Waals surface area contributed by atoms with Gasteiger partial charge in [0.05, 0.1) is 13.1 Å². The largest absolute Gasteiger partial charge is 0.360 e. The lowest BCUT2D eigenvalue weighted by Crippen LogP contribution is -2.51. The van der Waals surface area contributed by atoms with Crippen LogP contribution in [0.2, 0.25) is 0 Å². The number of hydrogen-bond donors (Lipinski definition) is 2. The number of nitrogens with one attached hydrogen (secondary N) is 2. The molecule has 1 aliphatic heterocycles. The van der Waals surface area contributed by atoms with Crippen LogP contribution in [0, 0.1) is 6.92 Å². The zero-order valence-corrected chi connectivity index (χ0v) is 13.4. The molecule has 0 spiro atoms. The summed E-state index contributed by atoms with van der Waals surface area (Å²) in [5.41, 5.74) is 0. The van der Waals surface area contributed by atoms with E-state index in [0.29, 0.717) is 30.7 Å². The summed E-state index contributed by atoms with van der Waals surface area (Å²) in [4.78, 5) is 28.0. The molecule has 1 saturated heterocycles. The van der Waals surface area contributed by atoms with Crippen molar-refractivity contribution < 1.29 is 14.1 Å². The van der Waals surface area contributed by atoms with E-state index in [1.807, 2.05) is 0 Å². The molecule has 1 aromatic rings. The predicted molar refractivity (Wildman–Crippen MR) is 83.9 cm³/mol. The van der Waals surface area contributed by atoms with Crippen LogP contribution < -0.4 is 10.6 Å². The maximum absolute atomic E-state index is 12.0. The number of aromatic nitrogens is 1. The summed E-state index contributed by atoms with van der Waals surface area (Å²) in [6.07, 6.45) is 2.22. The fourth-order valence-corrected chi connectivity index (χ4v) is 2.62. The molecule has 23 heavy (non-hydrogen) atoms. The van der Waals surface area contributed by atoms with Crippen LogP contribution in [0.5, 0.6) is 0 Å². The van der Waals surface area contributed by atoms with Gasteiger partial charge in [0.15, 0.2) is 5.82 Å². The molecule has 0 unspecified atom stereocenters. The lowest BCUT2D eigenvalue weighted by atomic mass is 10.3. The highest BCUT2D eigenvalue weighted by atomic mass is 16.5. The van der Waals surface area contributed by atoms with Crippen LogP contribution in [-0.2, 0) is 9.59 Å². The first kappa shape index (κ1) is 15.9. The third-order valence-corrected chi connectivity index (χ3v) is 4.04. The number of aryl methyl sites for hydroxylation is 1. The standard InChI is InChI=1S/C15H23N5O3/c1-11-8-13(18-23-11)17-15(22)10-20-6-4-19(5-7-20)9-14(21)16-12-2-3-12/h8,12H,2-7,9-10H2,1H3,(H,16,21)(H,17,18,22). The number of amides is 2. The van der Waals surface area contributed by atoms with E-state index in [0.717, 1.165) is 39.0 Å². The van der Waals surface area contributed by atoms with Gasteiger partial charge >= 0.3 is 0 Å². The summed E-state index contributed by atoms with van der Waals surface area (Å²) in [7, 11) is 0. The van der Waals surface area contributed by atoms with Crippen molar-refractivity contribution in [1.29, 1.82) is 0 Å². The smallest absolute Gasteiger partial charge is 0.239 e. The Bertz CT molecular complexity index is 561. The molecule has 1 saturated carbocycles. The molecule has 1 aromatic heterocycles. The van der Waals surface area contributed by atoms with Gasteiger partial charge in [0, 0.05) is 38.3 Å². The van der Waals surface area contributed by atoms with Crippen molar-refractivity contribution in [3.05, 3.63) is 11.8 Å². The Morgan fingerprint density at radius 1 is 1.17 bits per heavy atom. The normalized spacial score (nSPS) is 19.5. The van der Waals surface area contributed by atoms with E-state index in [1.54, 1.807) is 13.0 Å². The molecule has 2 amide bonds. The third-order valence-electron chi connectivity index (χ3n) is 4.04. The van der Waals surface area contributed by atoms with E-state index >= 15 is 0 Å². The summed E-state index contributed by atoms with van der Waals surface area (Å²) >= 11 is 0. The van der Waals surface area contributed by atoms with E-state index in [9.17, 15) is 9.59 Å². The molecule has 0 bridgehead atoms. The highest BCUT2D eigenvalue weighted by Gasteiger charge is 2.25. The molecular formula is C15H23N5O3. The monoisotopic (exact) mass is 321 g/mol. The molecule has 8 nitrogen and oxygen atoms in total. The molecular weight excluding hydrogens is 298 g/mol. The highest BCUT2D eigenvalue weighted by molar-refractivity contribution is 5.91. The molecule has 8 heteroatoms. The summed E-state index contributed by atoms with van der Waals surface area (Å²) in [5, 5.41) is 9.46. The van der Waals surface area contributed by atoms with E-state index < -0.39 is 0 Å². The molecule has 126 valence electrons. The Morgan fingerprint density at radius 2 is 1.78 bits per heavy atom. The van der Waals surface area contributed by atoms with Crippen molar-refractivity contribution in [3.63, 3.8) is 0 Å². The van der Waals surface area contributed by atoms with Gasteiger partial charge in [-0.2, -0.15) is 0 Å². The number of anilines is 1. The minimum atomic E-state index is -0.0989. The van der Waals surface area contributed by atoms with E-state index in [4.69, 9.17) is 4.52 Å². The fraction of sp³-hybridized carbons (Fsp3) is 0.667. The zero-order chi connectivity index (χ0) is 16.2. The summed E-state index contributed by atoms with van der Waals surface area (Å²) in [6, 6.07) is 2.10. The maximum Gasteiger partial charge on any atom is 0.239 e. The van der Waals surface area contributed by atoms with Gasteiger partial charge in [0.1, 0.15) is 5.76 Å². The van der Waals surface area contributed by atoms with Crippen LogP contribution in [0.3, 0.4) is 0 Å². The van der Waals surface area contributed by atoms with Crippen molar-refractivity contribution in [1.82, 2.24) is 20.3 Å². The minimum absolute atomic E-state index is 0.0989. The number of nitrogens with zero attached hydrogens (tertiary/aromatic N) is 3. The van der Waals surface area contributed by atoms with Crippen LogP contribution >= 0.6 is 0 Å². The van der Waals surface area contributed by atoms with E-state index in [2.05, 4.69) is 25.6 Å². The van der Waals surface area contributed by atoms with Gasteiger partial charge in [0.25, 0.3) is 0 Å². The Labute approximate surface area is 135 Å². The molecule has 0 radical (unpaired) electrons. The number of carbonyl (C=O) groups excluding carboxylic acids is 2. The van der Waals surface area contributed by atoms with Gasteiger partial charge in [-0.05, 0) is 19.8 Å². The Balaban J connectivity index is 1.35. The van der Waals surface area contributed by atoms with Crippen LogP contribution in [-0.4, -0.2) is 72.1 Å². The van der Waals surface area contributed by atoms with Gasteiger partial charge in [-0.3, -0.25) is 19.4 Å². The minimum Gasteiger partial charge on any atom is -0.360 e. The highest BCUT2D eigenvalue weighted by Crippen LogP contribution is 2.18. The first-order valence-corrected chi connectivity index (χ1v) is 8.06. The lowest BCUT2D eigenvalue weighted by Gasteiger charge is -2.33. The SMILES string of the molecule is Cc1cc(NC(=O)CN2CCN(CC(=O)NC3CC3)CC2)no1. The average molecular weight is 321 g/mol. The zero-order valence-electron chi connectivity index (χ0n) is 13.4. The summed E-state index contributed by atoms with van der Waals surface area (Å²) in [6.45, 7) is 5.72. The van der Waals surface area contributed by atoms with Crippen molar-refractivity contribution in [3.8, 4) is 0 Å². The second-order valence-electron chi connectivity index (χ2n) is 6.27. The van der Waals surface area contributed by atoms with E-state index in [1.165, 1.54) is 0 Å². The van der Waals surface area contributed by atoms with Crippen molar-refractivity contribution in [2.45, 2.75) is 25.8 Å².